The molecule has 1 fully saturated rings. The number of rotatable bonds is 6. The van der Waals surface area contributed by atoms with E-state index in [4.69, 9.17) is 9.57 Å². The Morgan fingerprint density at radius 3 is 2.68 bits per heavy atom. The molecule has 104 valence electrons. The third-order valence-electron chi connectivity index (χ3n) is 3.03. The molecular formula is C15H22N2O2. The molecule has 0 aliphatic carbocycles. The van der Waals surface area contributed by atoms with Crippen LogP contribution in [0.2, 0.25) is 0 Å². The molecule has 0 aromatic heterocycles. The molecule has 1 saturated heterocycles. The SMILES string of the molecule is C=C(Cc1ccccc1)ON(C)CN1CCOCC1. The second-order valence-corrected chi connectivity index (χ2v) is 4.79. The number of hydrogen-bond acceptors (Lipinski definition) is 4. The maximum absolute atomic E-state index is 5.71. The van der Waals surface area contributed by atoms with Crippen molar-refractivity contribution in [1.82, 2.24) is 9.96 Å². The highest BCUT2D eigenvalue weighted by Crippen LogP contribution is 2.09. The molecule has 1 aliphatic rings. The van der Waals surface area contributed by atoms with Gasteiger partial charge in [0.25, 0.3) is 0 Å². The topological polar surface area (TPSA) is 24.9 Å². The van der Waals surface area contributed by atoms with Crippen LogP contribution in [-0.4, -0.2) is 50.0 Å². The number of morpholine rings is 1. The van der Waals surface area contributed by atoms with Crippen LogP contribution in [0, 0.1) is 0 Å². The first-order valence-corrected chi connectivity index (χ1v) is 6.65. The minimum absolute atomic E-state index is 0.744. The van der Waals surface area contributed by atoms with Crippen LogP contribution >= 0.6 is 0 Å². The van der Waals surface area contributed by atoms with Gasteiger partial charge in [0.2, 0.25) is 0 Å². The molecule has 1 aromatic rings. The average Bonchev–Trinajstić information content (AvgIpc) is 2.40. The Balaban J connectivity index is 1.72. The number of benzene rings is 1. The number of hydroxylamine groups is 2. The molecule has 0 bridgehead atoms. The van der Waals surface area contributed by atoms with E-state index < -0.39 is 0 Å². The summed E-state index contributed by atoms with van der Waals surface area (Å²) in [5, 5.41) is 1.83. The fourth-order valence-corrected chi connectivity index (χ4v) is 2.13. The van der Waals surface area contributed by atoms with Crippen molar-refractivity contribution in [3.63, 3.8) is 0 Å². The van der Waals surface area contributed by atoms with Gasteiger partial charge in [-0.3, -0.25) is 4.90 Å². The summed E-state index contributed by atoms with van der Waals surface area (Å²) < 4.78 is 5.32. The van der Waals surface area contributed by atoms with E-state index in [2.05, 4.69) is 23.6 Å². The van der Waals surface area contributed by atoms with Gasteiger partial charge in [-0.2, -0.15) is 0 Å². The minimum Gasteiger partial charge on any atom is -0.410 e. The zero-order valence-electron chi connectivity index (χ0n) is 11.5. The van der Waals surface area contributed by atoms with Gasteiger partial charge in [-0.1, -0.05) is 36.9 Å². The monoisotopic (exact) mass is 262 g/mol. The Morgan fingerprint density at radius 2 is 2.00 bits per heavy atom. The Hall–Kier alpha value is -1.36. The lowest BCUT2D eigenvalue weighted by molar-refractivity contribution is -0.138. The summed E-state index contributed by atoms with van der Waals surface area (Å²) in [5.41, 5.74) is 1.22. The van der Waals surface area contributed by atoms with E-state index in [1.165, 1.54) is 5.56 Å². The van der Waals surface area contributed by atoms with Gasteiger partial charge in [-0.15, -0.1) is 5.06 Å². The van der Waals surface area contributed by atoms with E-state index in [0.717, 1.165) is 45.2 Å². The first kappa shape index (κ1) is 14.1. The second kappa shape index (κ2) is 7.28. The van der Waals surface area contributed by atoms with Crippen molar-refractivity contribution < 1.29 is 9.57 Å². The Labute approximate surface area is 115 Å². The first-order valence-electron chi connectivity index (χ1n) is 6.65. The van der Waals surface area contributed by atoms with Gasteiger partial charge in [0.1, 0.15) is 5.76 Å². The van der Waals surface area contributed by atoms with Gasteiger partial charge in [-0.25, -0.2) is 0 Å². The summed E-state index contributed by atoms with van der Waals surface area (Å²) in [4.78, 5) is 8.02. The van der Waals surface area contributed by atoms with Crippen molar-refractivity contribution >= 4 is 0 Å². The summed E-state index contributed by atoms with van der Waals surface area (Å²) in [6.07, 6.45) is 0.744. The van der Waals surface area contributed by atoms with E-state index >= 15 is 0 Å². The predicted octanol–water partition coefficient (Wildman–Crippen LogP) is 1.90. The number of allylic oxidation sites excluding steroid dienone is 1. The summed E-state index contributed by atoms with van der Waals surface area (Å²) in [6, 6.07) is 10.2. The predicted molar refractivity (Wildman–Crippen MR) is 75.4 cm³/mol. The summed E-state index contributed by atoms with van der Waals surface area (Å²) in [7, 11) is 1.94. The quantitative estimate of drug-likeness (QED) is 0.577. The van der Waals surface area contributed by atoms with E-state index in [1.54, 1.807) is 0 Å². The lowest BCUT2D eigenvalue weighted by Gasteiger charge is -2.30. The first-order chi connectivity index (χ1) is 9.24. The van der Waals surface area contributed by atoms with Crippen molar-refractivity contribution in [2.45, 2.75) is 6.42 Å². The number of ether oxygens (including phenoxy) is 1. The van der Waals surface area contributed by atoms with E-state index in [0.29, 0.717) is 0 Å². The fourth-order valence-electron chi connectivity index (χ4n) is 2.13. The second-order valence-electron chi connectivity index (χ2n) is 4.79. The van der Waals surface area contributed by atoms with Crippen LogP contribution in [0.25, 0.3) is 0 Å². The smallest absolute Gasteiger partial charge is 0.121 e. The zero-order chi connectivity index (χ0) is 13.5. The average molecular weight is 262 g/mol. The molecule has 0 atom stereocenters. The molecule has 19 heavy (non-hydrogen) atoms. The molecule has 0 radical (unpaired) electrons. The Morgan fingerprint density at radius 1 is 1.32 bits per heavy atom. The van der Waals surface area contributed by atoms with E-state index in [-0.39, 0.29) is 0 Å². The summed E-state index contributed by atoms with van der Waals surface area (Å²) in [6.45, 7) is 8.27. The van der Waals surface area contributed by atoms with Crippen LogP contribution in [-0.2, 0) is 16.0 Å². The van der Waals surface area contributed by atoms with Crippen molar-refractivity contribution in [2.75, 3.05) is 40.0 Å². The fraction of sp³-hybridized carbons (Fsp3) is 0.467. The van der Waals surface area contributed by atoms with Crippen molar-refractivity contribution in [3.8, 4) is 0 Å². The lowest BCUT2D eigenvalue weighted by atomic mass is 10.1. The highest BCUT2D eigenvalue weighted by molar-refractivity contribution is 5.18. The third-order valence-corrected chi connectivity index (χ3v) is 3.03. The van der Waals surface area contributed by atoms with Crippen LogP contribution in [0.5, 0.6) is 0 Å². The third kappa shape index (κ3) is 5.03. The van der Waals surface area contributed by atoms with E-state index in [1.807, 2.05) is 30.3 Å². The molecule has 4 heteroatoms. The van der Waals surface area contributed by atoms with E-state index in [9.17, 15) is 0 Å². The molecule has 4 nitrogen and oxygen atoms in total. The van der Waals surface area contributed by atoms with Crippen LogP contribution in [0.1, 0.15) is 5.56 Å². The minimum atomic E-state index is 0.744. The van der Waals surface area contributed by atoms with Gasteiger partial charge in [0.15, 0.2) is 0 Å². The molecular weight excluding hydrogens is 240 g/mol. The van der Waals surface area contributed by atoms with Crippen LogP contribution in [0.3, 0.4) is 0 Å². The standard InChI is InChI=1S/C15H22N2O2/c1-14(12-15-6-4-3-5-7-15)19-16(2)13-17-8-10-18-11-9-17/h3-7H,1,8-13H2,2H3. The van der Waals surface area contributed by atoms with Gasteiger partial charge < -0.3 is 9.57 Å². The lowest BCUT2D eigenvalue weighted by Crippen LogP contribution is -2.42. The van der Waals surface area contributed by atoms with Gasteiger partial charge in [0.05, 0.1) is 19.9 Å². The van der Waals surface area contributed by atoms with Crippen molar-refractivity contribution in [1.29, 1.82) is 0 Å². The molecule has 0 saturated carbocycles. The maximum Gasteiger partial charge on any atom is 0.121 e. The van der Waals surface area contributed by atoms with Crippen LogP contribution in [0.4, 0.5) is 0 Å². The molecule has 0 unspecified atom stereocenters. The molecule has 0 N–H and O–H groups in total. The van der Waals surface area contributed by atoms with Crippen molar-refractivity contribution in [2.24, 2.45) is 0 Å². The zero-order valence-corrected chi connectivity index (χ0v) is 11.5. The van der Waals surface area contributed by atoms with Crippen LogP contribution < -0.4 is 0 Å². The van der Waals surface area contributed by atoms with Gasteiger partial charge in [0, 0.05) is 26.6 Å². The largest absolute Gasteiger partial charge is 0.410 e. The normalized spacial score (nSPS) is 16.5. The van der Waals surface area contributed by atoms with Crippen molar-refractivity contribution in [3.05, 3.63) is 48.2 Å². The highest BCUT2D eigenvalue weighted by atomic mass is 16.7. The Kier molecular flexibility index (Phi) is 5.39. The van der Waals surface area contributed by atoms with Gasteiger partial charge >= 0.3 is 0 Å². The highest BCUT2D eigenvalue weighted by Gasteiger charge is 2.13. The number of nitrogens with zero attached hydrogens (tertiary/aromatic N) is 2. The molecule has 0 spiro atoms. The maximum atomic E-state index is 5.71. The summed E-state index contributed by atoms with van der Waals surface area (Å²) >= 11 is 0. The molecule has 1 aromatic carbocycles. The van der Waals surface area contributed by atoms with Crippen LogP contribution in [0.15, 0.2) is 42.7 Å². The molecule has 2 rings (SSSR count). The summed E-state index contributed by atoms with van der Waals surface area (Å²) in [5.74, 6) is 0.766. The Bertz CT molecular complexity index is 388. The van der Waals surface area contributed by atoms with Gasteiger partial charge in [-0.05, 0) is 5.56 Å². The molecule has 1 aliphatic heterocycles. The molecule has 0 amide bonds. The molecule has 1 heterocycles. The number of hydrogen-bond donors (Lipinski definition) is 0.